The highest BCUT2D eigenvalue weighted by Gasteiger charge is 2.15. The summed E-state index contributed by atoms with van der Waals surface area (Å²) in [6, 6.07) is 11.1. The fourth-order valence-electron chi connectivity index (χ4n) is 1.95. The summed E-state index contributed by atoms with van der Waals surface area (Å²) in [5, 5.41) is 7.35. The standard InChI is InChI=1S/C17H18N2O2S/c1-3-18-17(21)15(11-13-8-6-10-22-13)19-16(20)14-9-5-4-7-12(14)2/h4-11H,3H2,1-2H3,(H,18,21)(H,19,20)/b15-11-. The third kappa shape index (κ3) is 4.05. The Balaban J connectivity index is 2.25. The number of carbonyl (C=O) groups is 2. The number of hydrogen-bond acceptors (Lipinski definition) is 3. The van der Waals surface area contributed by atoms with Crippen molar-refractivity contribution in [3.63, 3.8) is 0 Å². The molecule has 0 spiro atoms. The van der Waals surface area contributed by atoms with Gasteiger partial charge in [-0.2, -0.15) is 0 Å². The van der Waals surface area contributed by atoms with Crippen molar-refractivity contribution in [3.8, 4) is 0 Å². The Hall–Kier alpha value is -2.40. The van der Waals surface area contributed by atoms with Crippen molar-refractivity contribution in [1.29, 1.82) is 0 Å². The predicted octanol–water partition coefficient (Wildman–Crippen LogP) is 2.96. The van der Waals surface area contributed by atoms with Crippen LogP contribution in [0.5, 0.6) is 0 Å². The topological polar surface area (TPSA) is 58.2 Å². The van der Waals surface area contributed by atoms with E-state index in [0.717, 1.165) is 10.4 Å². The number of benzene rings is 1. The fraction of sp³-hybridized carbons (Fsp3) is 0.176. The number of thiophene rings is 1. The summed E-state index contributed by atoms with van der Waals surface area (Å²) in [4.78, 5) is 25.4. The molecule has 2 N–H and O–H groups in total. The van der Waals surface area contributed by atoms with E-state index in [2.05, 4.69) is 10.6 Å². The zero-order valence-electron chi connectivity index (χ0n) is 12.6. The first-order valence-corrected chi connectivity index (χ1v) is 7.90. The zero-order chi connectivity index (χ0) is 15.9. The van der Waals surface area contributed by atoms with Crippen LogP contribution in [0.25, 0.3) is 6.08 Å². The van der Waals surface area contributed by atoms with Gasteiger partial charge in [0.2, 0.25) is 0 Å². The van der Waals surface area contributed by atoms with Crippen molar-refractivity contribution in [2.24, 2.45) is 0 Å². The molecule has 2 amide bonds. The third-order valence-electron chi connectivity index (χ3n) is 3.05. The van der Waals surface area contributed by atoms with Crippen molar-refractivity contribution < 1.29 is 9.59 Å². The molecule has 0 aliphatic carbocycles. The Labute approximate surface area is 133 Å². The molecule has 0 radical (unpaired) electrons. The Morgan fingerprint density at radius 2 is 1.95 bits per heavy atom. The van der Waals surface area contributed by atoms with Crippen LogP contribution >= 0.6 is 11.3 Å². The van der Waals surface area contributed by atoms with Crippen LogP contribution < -0.4 is 10.6 Å². The number of nitrogens with one attached hydrogen (secondary N) is 2. The van der Waals surface area contributed by atoms with Gasteiger partial charge in [0.25, 0.3) is 11.8 Å². The smallest absolute Gasteiger partial charge is 0.267 e. The first kappa shape index (κ1) is 16.0. The van der Waals surface area contributed by atoms with E-state index in [1.807, 2.05) is 43.5 Å². The molecule has 1 heterocycles. The van der Waals surface area contributed by atoms with Crippen LogP contribution in [-0.2, 0) is 4.79 Å². The van der Waals surface area contributed by atoms with Gasteiger partial charge in [0.1, 0.15) is 5.70 Å². The number of carbonyl (C=O) groups excluding carboxylic acids is 2. The van der Waals surface area contributed by atoms with Gasteiger partial charge in [-0.05, 0) is 43.0 Å². The summed E-state index contributed by atoms with van der Waals surface area (Å²) in [5.41, 5.74) is 1.67. The van der Waals surface area contributed by atoms with Crippen LogP contribution in [0.4, 0.5) is 0 Å². The Morgan fingerprint density at radius 3 is 2.59 bits per heavy atom. The van der Waals surface area contributed by atoms with Crippen molar-refractivity contribution in [1.82, 2.24) is 10.6 Å². The number of rotatable bonds is 5. The van der Waals surface area contributed by atoms with E-state index in [0.29, 0.717) is 12.1 Å². The average molecular weight is 314 g/mol. The van der Waals surface area contributed by atoms with Gasteiger partial charge in [-0.3, -0.25) is 9.59 Å². The molecular formula is C17H18N2O2S. The van der Waals surface area contributed by atoms with Crippen LogP contribution in [0.1, 0.15) is 27.7 Å². The lowest BCUT2D eigenvalue weighted by Gasteiger charge is -2.11. The van der Waals surface area contributed by atoms with Gasteiger partial charge in [-0.25, -0.2) is 0 Å². The second-order valence-electron chi connectivity index (χ2n) is 4.70. The van der Waals surface area contributed by atoms with E-state index >= 15 is 0 Å². The number of likely N-dealkylation sites (N-methyl/N-ethyl adjacent to an activating group) is 1. The van der Waals surface area contributed by atoms with Crippen LogP contribution in [0.3, 0.4) is 0 Å². The molecule has 0 saturated carbocycles. The lowest BCUT2D eigenvalue weighted by atomic mass is 10.1. The van der Waals surface area contributed by atoms with E-state index in [-0.39, 0.29) is 17.5 Å². The second-order valence-corrected chi connectivity index (χ2v) is 5.68. The summed E-state index contributed by atoms with van der Waals surface area (Å²) >= 11 is 1.51. The number of aryl methyl sites for hydroxylation is 1. The van der Waals surface area contributed by atoms with Gasteiger partial charge in [0.05, 0.1) is 0 Å². The molecule has 0 saturated heterocycles. The minimum absolute atomic E-state index is 0.248. The van der Waals surface area contributed by atoms with Crippen molar-refractivity contribution in [2.75, 3.05) is 6.54 Å². The average Bonchev–Trinajstić information content (AvgIpc) is 3.00. The highest BCUT2D eigenvalue weighted by molar-refractivity contribution is 7.10. The third-order valence-corrected chi connectivity index (χ3v) is 3.87. The maximum atomic E-state index is 12.4. The summed E-state index contributed by atoms with van der Waals surface area (Å²) < 4.78 is 0. The molecule has 5 heteroatoms. The minimum Gasteiger partial charge on any atom is -0.351 e. The maximum Gasteiger partial charge on any atom is 0.267 e. The molecule has 1 aromatic carbocycles. The highest BCUT2D eigenvalue weighted by atomic mass is 32.1. The number of amides is 2. The van der Waals surface area contributed by atoms with Crippen LogP contribution in [0, 0.1) is 6.92 Å². The van der Waals surface area contributed by atoms with Crippen molar-refractivity contribution in [2.45, 2.75) is 13.8 Å². The number of hydrogen-bond donors (Lipinski definition) is 2. The second kappa shape index (κ2) is 7.56. The quantitative estimate of drug-likeness (QED) is 0.834. The molecule has 0 aliphatic heterocycles. The SMILES string of the molecule is CCNC(=O)/C(=C/c1cccs1)NC(=O)c1ccccc1C. The van der Waals surface area contributed by atoms with E-state index in [1.54, 1.807) is 18.2 Å². The first-order chi connectivity index (χ1) is 10.6. The molecule has 22 heavy (non-hydrogen) atoms. The molecular weight excluding hydrogens is 296 g/mol. The van der Waals surface area contributed by atoms with Crippen LogP contribution in [-0.4, -0.2) is 18.4 Å². The maximum absolute atomic E-state index is 12.4. The van der Waals surface area contributed by atoms with E-state index < -0.39 is 0 Å². The van der Waals surface area contributed by atoms with Gasteiger partial charge in [-0.1, -0.05) is 24.3 Å². The highest BCUT2D eigenvalue weighted by Crippen LogP contribution is 2.14. The van der Waals surface area contributed by atoms with Gasteiger partial charge >= 0.3 is 0 Å². The summed E-state index contributed by atoms with van der Waals surface area (Å²) in [6.45, 7) is 4.20. The van der Waals surface area contributed by atoms with E-state index in [9.17, 15) is 9.59 Å². The summed E-state index contributed by atoms with van der Waals surface area (Å²) in [6.07, 6.45) is 1.69. The summed E-state index contributed by atoms with van der Waals surface area (Å²) in [7, 11) is 0. The van der Waals surface area contributed by atoms with Gasteiger partial charge in [0.15, 0.2) is 0 Å². The van der Waals surface area contributed by atoms with Gasteiger partial charge < -0.3 is 10.6 Å². The van der Waals surface area contributed by atoms with Crippen molar-refractivity contribution >= 4 is 29.2 Å². The summed E-state index contributed by atoms with van der Waals surface area (Å²) in [5.74, 6) is -0.579. The minimum atomic E-state index is -0.294. The molecule has 4 nitrogen and oxygen atoms in total. The van der Waals surface area contributed by atoms with E-state index in [4.69, 9.17) is 0 Å². The molecule has 2 aromatic rings. The van der Waals surface area contributed by atoms with Crippen molar-refractivity contribution in [3.05, 3.63) is 63.5 Å². The Bertz CT molecular complexity index is 690. The lowest BCUT2D eigenvalue weighted by Crippen LogP contribution is -2.34. The molecule has 0 fully saturated rings. The van der Waals surface area contributed by atoms with Gasteiger partial charge in [-0.15, -0.1) is 11.3 Å². The van der Waals surface area contributed by atoms with Crippen LogP contribution in [0.15, 0.2) is 47.5 Å². The monoisotopic (exact) mass is 314 g/mol. The lowest BCUT2D eigenvalue weighted by molar-refractivity contribution is -0.117. The molecule has 0 aliphatic rings. The Morgan fingerprint density at radius 1 is 1.18 bits per heavy atom. The normalized spacial score (nSPS) is 11.1. The zero-order valence-corrected chi connectivity index (χ0v) is 13.4. The fourth-order valence-corrected chi connectivity index (χ4v) is 2.60. The van der Waals surface area contributed by atoms with E-state index in [1.165, 1.54) is 11.3 Å². The largest absolute Gasteiger partial charge is 0.351 e. The molecule has 0 atom stereocenters. The molecule has 0 unspecified atom stereocenters. The molecule has 2 rings (SSSR count). The van der Waals surface area contributed by atoms with Gasteiger partial charge in [0, 0.05) is 17.0 Å². The first-order valence-electron chi connectivity index (χ1n) is 7.02. The van der Waals surface area contributed by atoms with Crippen LogP contribution in [0.2, 0.25) is 0 Å². The Kier molecular flexibility index (Phi) is 5.49. The predicted molar refractivity (Wildman–Crippen MR) is 89.6 cm³/mol. The molecule has 1 aromatic heterocycles. The molecule has 0 bridgehead atoms. The molecule has 114 valence electrons.